The van der Waals surface area contributed by atoms with Crippen molar-refractivity contribution >= 4 is 22.6 Å². The van der Waals surface area contributed by atoms with E-state index in [4.69, 9.17) is 10.2 Å². The van der Waals surface area contributed by atoms with Crippen LogP contribution in [0, 0.1) is 0 Å². The van der Waals surface area contributed by atoms with Gasteiger partial charge in [0.05, 0.1) is 6.04 Å². The number of rotatable bonds is 3. The minimum atomic E-state index is -0.263. The molecule has 0 bridgehead atoms. The average Bonchev–Trinajstić information content (AvgIpc) is 2.91. The molecule has 21 heavy (non-hydrogen) atoms. The second kappa shape index (κ2) is 5.28. The highest BCUT2D eigenvalue weighted by Crippen LogP contribution is 2.22. The monoisotopic (exact) mass is 281 g/mol. The number of furan rings is 1. The molecule has 3 aromatic rings. The number of benzene rings is 1. The first-order valence-electron chi connectivity index (χ1n) is 6.63. The van der Waals surface area contributed by atoms with E-state index in [-0.39, 0.29) is 17.7 Å². The third kappa shape index (κ3) is 2.72. The summed E-state index contributed by atoms with van der Waals surface area (Å²) in [5.41, 5.74) is 7.93. The third-order valence-corrected chi connectivity index (χ3v) is 3.30. The van der Waals surface area contributed by atoms with Gasteiger partial charge in [-0.05, 0) is 42.8 Å². The fourth-order valence-electron chi connectivity index (χ4n) is 2.16. The van der Waals surface area contributed by atoms with Crippen molar-refractivity contribution in [2.75, 3.05) is 5.73 Å². The van der Waals surface area contributed by atoms with E-state index < -0.39 is 0 Å². The van der Waals surface area contributed by atoms with Gasteiger partial charge in [-0.2, -0.15) is 0 Å². The second-order valence-electron chi connectivity index (χ2n) is 4.89. The maximum Gasteiger partial charge on any atom is 0.287 e. The molecule has 5 heteroatoms. The highest BCUT2D eigenvalue weighted by atomic mass is 16.3. The smallest absolute Gasteiger partial charge is 0.287 e. The molecule has 2 heterocycles. The molecule has 1 atom stereocenters. The molecule has 5 nitrogen and oxygen atoms in total. The van der Waals surface area contributed by atoms with Crippen LogP contribution < -0.4 is 11.1 Å². The molecular formula is C16H15N3O2. The number of carbonyl (C=O) groups excluding carboxylic acids is 1. The van der Waals surface area contributed by atoms with Gasteiger partial charge in [-0.3, -0.25) is 9.78 Å². The molecule has 2 aromatic heterocycles. The number of fused-ring (bicyclic) bond motifs is 1. The summed E-state index contributed by atoms with van der Waals surface area (Å²) in [5.74, 6) is 0.00691. The van der Waals surface area contributed by atoms with Gasteiger partial charge in [0.1, 0.15) is 5.58 Å². The van der Waals surface area contributed by atoms with Gasteiger partial charge in [0.2, 0.25) is 0 Å². The maximum atomic E-state index is 12.2. The van der Waals surface area contributed by atoms with Crippen molar-refractivity contribution in [2.24, 2.45) is 0 Å². The van der Waals surface area contributed by atoms with Gasteiger partial charge in [-0.15, -0.1) is 0 Å². The number of amides is 1. The first-order chi connectivity index (χ1) is 10.1. The lowest BCUT2D eigenvalue weighted by Crippen LogP contribution is -2.26. The number of hydrogen-bond acceptors (Lipinski definition) is 4. The standard InChI is InChI=1S/C16H15N3O2/c1-10(11-3-2-6-18-9-11)19-16(20)15-8-12-7-13(17)4-5-14(12)21-15/h2-10H,17H2,1H3,(H,19,20). The van der Waals surface area contributed by atoms with E-state index in [0.29, 0.717) is 11.3 Å². The van der Waals surface area contributed by atoms with Crippen molar-refractivity contribution in [3.05, 3.63) is 60.1 Å². The number of pyridine rings is 1. The molecule has 0 aliphatic heterocycles. The molecule has 0 aliphatic carbocycles. The average molecular weight is 281 g/mol. The Bertz CT molecular complexity index is 781. The summed E-state index contributed by atoms with van der Waals surface area (Å²) in [6.45, 7) is 1.90. The Kier molecular flexibility index (Phi) is 3.31. The van der Waals surface area contributed by atoms with Gasteiger partial charge >= 0.3 is 0 Å². The van der Waals surface area contributed by atoms with Crippen LogP contribution in [0.1, 0.15) is 29.1 Å². The van der Waals surface area contributed by atoms with Gasteiger partial charge in [0.15, 0.2) is 5.76 Å². The zero-order chi connectivity index (χ0) is 14.8. The Labute approximate surface area is 121 Å². The highest BCUT2D eigenvalue weighted by Gasteiger charge is 2.15. The summed E-state index contributed by atoms with van der Waals surface area (Å²) in [7, 11) is 0. The maximum absolute atomic E-state index is 12.2. The number of nitrogen functional groups attached to an aromatic ring is 1. The fraction of sp³-hybridized carbons (Fsp3) is 0.125. The first-order valence-corrected chi connectivity index (χ1v) is 6.63. The SMILES string of the molecule is CC(NC(=O)c1cc2cc(N)ccc2o1)c1cccnc1. The van der Waals surface area contributed by atoms with Crippen molar-refractivity contribution in [3.8, 4) is 0 Å². The Morgan fingerprint density at radius 2 is 2.19 bits per heavy atom. The van der Waals surface area contributed by atoms with E-state index in [1.807, 2.05) is 19.1 Å². The van der Waals surface area contributed by atoms with Crippen LogP contribution in [0.3, 0.4) is 0 Å². The zero-order valence-electron chi connectivity index (χ0n) is 11.5. The minimum absolute atomic E-state index is 0.149. The second-order valence-corrected chi connectivity index (χ2v) is 4.89. The van der Waals surface area contributed by atoms with Crippen LogP contribution >= 0.6 is 0 Å². The highest BCUT2D eigenvalue weighted by molar-refractivity contribution is 5.96. The largest absolute Gasteiger partial charge is 0.451 e. The van der Waals surface area contributed by atoms with Gasteiger partial charge in [0.25, 0.3) is 5.91 Å². The van der Waals surface area contributed by atoms with E-state index in [1.54, 1.807) is 36.7 Å². The fourth-order valence-corrected chi connectivity index (χ4v) is 2.16. The molecule has 1 aromatic carbocycles. The first kappa shape index (κ1) is 13.2. The number of anilines is 1. The quantitative estimate of drug-likeness (QED) is 0.723. The number of aromatic nitrogens is 1. The zero-order valence-corrected chi connectivity index (χ0v) is 11.5. The number of hydrogen-bond donors (Lipinski definition) is 2. The van der Waals surface area contributed by atoms with Crippen LogP contribution in [0.15, 0.2) is 53.2 Å². The Hall–Kier alpha value is -2.82. The molecule has 0 fully saturated rings. The molecule has 1 amide bonds. The summed E-state index contributed by atoms with van der Waals surface area (Å²) < 4.78 is 5.54. The normalized spacial score (nSPS) is 12.2. The van der Waals surface area contributed by atoms with E-state index in [0.717, 1.165) is 10.9 Å². The van der Waals surface area contributed by atoms with Gasteiger partial charge in [-0.1, -0.05) is 6.07 Å². The van der Waals surface area contributed by atoms with Gasteiger partial charge in [-0.25, -0.2) is 0 Å². The Morgan fingerprint density at radius 1 is 1.33 bits per heavy atom. The van der Waals surface area contributed by atoms with Crippen molar-refractivity contribution in [1.82, 2.24) is 10.3 Å². The Balaban J connectivity index is 1.80. The van der Waals surface area contributed by atoms with E-state index >= 15 is 0 Å². The van der Waals surface area contributed by atoms with Crippen molar-refractivity contribution < 1.29 is 9.21 Å². The lowest BCUT2D eigenvalue weighted by Gasteiger charge is -2.12. The summed E-state index contributed by atoms with van der Waals surface area (Å²) in [6.07, 6.45) is 3.42. The van der Waals surface area contributed by atoms with E-state index in [9.17, 15) is 4.79 Å². The van der Waals surface area contributed by atoms with Crippen LogP contribution in [0.4, 0.5) is 5.69 Å². The number of nitrogens with one attached hydrogen (secondary N) is 1. The predicted molar refractivity (Wildman–Crippen MR) is 80.7 cm³/mol. The molecule has 3 rings (SSSR count). The van der Waals surface area contributed by atoms with Crippen LogP contribution in [-0.2, 0) is 0 Å². The van der Waals surface area contributed by atoms with Crippen molar-refractivity contribution in [3.63, 3.8) is 0 Å². The van der Waals surface area contributed by atoms with Crippen molar-refractivity contribution in [1.29, 1.82) is 0 Å². The molecule has 106 valence electrons. The third-order valence-electron chi connectivity index (χ3n) is 3.30. The van der Waals surface area contributed by atoms with Crippen molar-refractivity contribution in [2.45, 2.75) is 13.0 Å². The van der Waals surface area contributed by atoms with Crippen LogP contribution in [-0.4, -0.2) is 10.9 Å². The number of nitrogens with two attached hydrogens (primary N) is 1. The molecule has 0 saturated carbocycles. The lowest BCUT2D eigenvalue weighted by molar-refractivity contribution is 0.0914. The minimum Gasteiger partial charge on any atom is -0.451 e. The molecule has 0 saturated heterocycles. The molecule has 0 spiro atoms. The predicted octanol–water partition coefficient (Wildman–Crippen LogP) is 2.90. The van der Waals surface area contributed by atoms with Crippen LogP contribution in [0.5, 0.6) is 0 Å². The lowest BCUT2D eigenvalue weighted by atomic mass is 10.1. The molecule has 0 radical (unpaired) electrons. The molecule has 0 aliphatic rings. The van der Waals surface area contributed by atoms with E-state index in [2.05, 4.69) is 10.3 Å². The van der Waals surface area contributed by atoms with E-state index in [1.165, 1.54) is 0 Å². The molecule has 1 unspecified atom stereocenters. The number of carbonyl (C=O) groups is 1. The summed E-state index contributed by atoms with van der Waals surface area (Å²) in [5, 5.41) is 3.70. The summed E-state index contributed by atoms with van der Waals surface area (Å²) >= 11 is 0. The van der Waals surface area contributed by atoms with Crippen LogP contribution in [0.25, 0.3) is 11.0 Å². The summed E-state index contributed by atoms with van der Waals surface area (Å²) in [6, 6.07) is 10.6. The van der Waals surface area contributed by atoms with Gasteiger partial charge in [0, 0.05) is 23.5 Å². The Morgan fingerprint density at radius 3 is 2.95 bits per heavy atom. The topological polar surface area (TPSA) is 81.2 Å². The summed E-state index contributed by atoms with van der Waals surface area (Å²) in [4.78, 5) is 16.3. The number of nitrogens with zero attached hydrogens (tertiary/aromatic N) is 1. The molecular weight excluding hydrogens is 266 g/mol. The van der Waals surface area contributed by atoms with Gasteiger partial charge < -0.3 is 15.5 Å². The van der Waals surface area contributed by atoms with Crippen LogP contribution in [0.2, 0.25) is 0 Å². The molecule has 3 N–H and O–H groups in total.